The topological polar surface area (TPSA) is 216 Å². The SMILES string of the molecule is CCC(CC)(NC(=O)CCCSSC(C)(C)CN(CCOCCOCCOC)c1cc(COc2cc3c(cc2OC)C(=O)N2c4ccccc4CC2CCN3)cc(COc2cc3c(cc2OC)C(=O)N2c4ccccc4CC2C(S(=O)(=O)O)N3)c1)C1CCCCC1. The molecule has 19 nitrogen and oxygen atoms in total. The van der Waals surface area contributed by atoms with Gasteiger partial charge >= 0.3 is 0 Å². The van der Waals surface area contributed by atoms with Crippen LogP contribution in [0.3, 0.4) is 0 Å². The summed E-state index contributed by atoms with van der Waals surface area (Å²) >= 11 is 0. The average molecular weight is 1310 g/mol. The van der Waals surface area contributed by atoms with E-state index in [4.69, 9.17) is 33.2 Å². The molecule has 0 bridgehead atoms. The van der Waals surface area contributed by atoms with Gasteiger partial charge in [0.05, 0.1) is 75.8 Å². The van der Waals surface area contributed by atoms with E-state index in [-0.39, 0.29) is 70.5 Å². The number of amides is 3. The Balaban J connectivity index is 0.926. The Labute approximate surface area is 544 Å². The third-order valence-corrected chi connectivity index (χ3v) is 22.8. The van der Waals surface area contributed by atoms with Crippen LogP contribution in [0.15, 0.2) is 91.0 Å². The van der Waals surface area contributed by atoms with Gasteiger partial charge in [0.2, 0.25) is 5.91 Å². The molecule has 1 aliphatic carbocycles. The predicted octanol–water partition coefficient (Wildman–Crippen LogP) is 12.1. The number of ether oxygens (including phenoxy) is 7. The number of para-hydroxylation sites is 2. The fourth-order valence-electron chi connectivity index (χ4n) is 13.8. The first kappa shape index (κ1) is 67.5. The predicted molar refractivity (Wildman–Crippen MR) is 362 cm³/mol. The van der Waals surface area contributed by atoms with Gasteiger partial charge in [-0.05, 0) is 136 Å². The maximum atomic E-state index is 14.6. The number of benzene rings is 5. The van der Waals surface area contributed by atoms with Crippen LogP contribution in [0.2, 0.25) is 0 Å². The maximum Gasteiger partial charge on any atom is 0.288 e. The van der Waals surface area contributed by atoms with E-state index in [1.165, 1.54) is 44.1 Å². The lowest BCUT2D eigenvalue weighted by Gasteiger charge is -2.42. The zero-order valence-corrected chi connectivity index (χ0v) is 56.1. The van der Waals surface area contributed by atoms with Crippen LogP contribution in [0.4, 0.5) is 28.4 Å². The Morgan fingerprint density at radius 1 is 0.725 bits per heavy atom. The molecule has 4 aliphatic heterocycles. The summed E-state index contributed by atoms with van der Waals surface area (Å²) in [6, 6.07) is 27.2. The van der Waals surface area contributed by atoms with E-state index in [1.54, 1.807) is 66.1 Å². The highest BCUT2D eigenvalue weighted by molar-refractivity contribution is 8.77. The van der Waals surface area contributed by atoms with E-state index in [0.29, 0.717) is 93.4 Å². The summed E-state index contributed by atoms with van der Waals surface area (Å²) in [4.78, 5) is 48.3. The number of carbonyl (C=O) groups excluding carboxylic acids is 3. The Kier molecular flexibility index (Phi) is 22.7. The molecule has 5 aromatic carbocycles. The van der Waals surface area contributed by atoms with Gasteiger partial charge in [-0.25, -0.2) is 0 Å². The normalized spacial score (nSPS) is 18.0. The van der Waals surface area contributed by atoms with Crippen LogP contribution in [0.1, 0.15) is 135 Å². The van der Waals surface area contributed by atoms with Crippen LogP contribution < -0.4 is 49.6 Å². The number of methoxy groups -OCH3 is 3. The zero-order chi connectivity index (χ0) is 64.3. The van der Waals surface area contributed by atoms with Crippen LogP contribution in [0, 0.1) is 5.92 Å². The second-order valence-corrected chi connectivity index (χ2v) is 29.5. The molecule has 3 amide bonds. The van der Waals surface area contributed by atoms with E-state index in [1.807, 2.05) is 47.4 Å². The Hall–Kier alpha value is -6.40. The van der Waals surface area contributed by atoms with Crippen molar-refractivity contribution in [2.24, 2.45) is 5.92 Å². The molecule has 1 fully saturated rings. The summed E-state index contributed by atoms with van der Waals surface area (Å²) in [6.07, 6.45) is 11.0. The minimum Gasteiger partial charge on any atom is -0.493 e. The number of fused-ring (bicyclic) bond motifs is 8. The number of nitrogens with one attached hydrogen (secondary N) is 3. The minimum absolute atomic E-state index is 0.00831. The molecule has 5 aromatic rings. The molecule has 492 valence electrons. The van der Waals surface area contributed by atoms with Crippen molar-refractivity contribution in [3.05, 3.63) is 124 Å². The lowest BCUT2D eigenvalue weighted by atomic mass is 9.71. The van der Waals surface area contributed by atoms with Gasteiger partial charge in [0.25, 0.3) is 21.9 Å². The number of hydrogen-bond acceptors (Lipinski definition) is 17. The van der Waals surface area contributed by atoms with Gasteiger partial charge in [-0.2, -0.15) is 8.42 Å². The highest BCUT2D eigenvalue weighted by Crippen LogP contribution is 2.46. The Bertz CT molecular complexity index is 3470. The summed E-state index contributed by atoms with van der Waals surface area (Å²) in [5, 5.41) is 8.52. The average Bonchev–Trinajstić information content (AvgIpc) is 1.61. The van der Waals surface area contributed by atoms with Gasteiger partial charge in [0.1, 0.15) is 13.2 Å². The summed E-state index contributed by atoms with van der Waals surface area (Å²) in [7, 11) is 3.49. The van der Waals surface area contributed by atoms with E-state index >= 15 is 0 Å². The van der Waals surface area contributed by atoms with Crippen molar-refractivity contribution in [1.82, 2.24) is 5.32 Å². The van der Waals surface area contributed by atoms with Crippen LogP contribution >= 0.6 is 21.6 Å². The molecule has 3 unspecified atom stereocenters. The first-order valence-corrected chi connectivity index (χ1v) is 35.9. The van der Waals surface area contributed by atoms with Crippen molar-refractivity contribution in [2.45, 2.75) is 146 Å². The Morgan fingerprint density at radius 3 is 1.96 bits per heavy atom. The standard InChI is InChI=1S/C69H90N6O13S3/c1-8-69(9-2,50-20-11-10-12-21-50)72-64(76)24-17-33-89-90-68(3,4)45-73(27-28-85-31-32-86-30-29-82-5)52-35-46(43-87-62-41-55-53(39-60(62)83-6)66(77)74-51(25-26-70-55)37-48-18-13-15-22-57(48)74)34-47(36-52)44-88-63-42-56-54(40-61(63)84-7)67(78)75-58-23-16-14-19-49(58)38-59(75)65(71-56)91(79,80)81/h13-16,18-19,22-23,34-36,39-42,50-51,59,65,70-71H,8-12,17,20-21,24-33,37-38,43-45H2,1-7H3,(H,72,76)(H,79,80,81). The minimum atomic E-state index is -4.75. The highest BCUT2D eigenvalue weighted by atomic mass is 33.1. The van der Waals surface area contributed by atoms with E-state index < -0.39 is 27.4 Å². The summed E-state index contributed by atoms with van der Waals surface area (Å²) < 4.78 is 79.2. The molecule has 4 N–H and O–H groups in total. The van der Waals surface area contributed by atoms with Gasteiger partial charge in [-0.1, -0.05) is 91.1 Å². The van der Waals surface area contributed by atoms with Gasteiger partial charge in [0.15, 0.2) is 28.4 Å². The maximum absolute atomic E-state index is 14.6. The molecule has 1 saturated carbocycles. The van der Waals surface area contributed by atoms with Gasteiger partial charge in [-0.15, -0.1) is 0 Å². The number of carbonyl (C=O) groups is 3. The van der Waals surface area contributed by atoms with Crippen molar-refractivity contribution in [3.8, 4) is 23.0 Å². The van der Waals surface area contributed by atoms with E-state index in [9.17, 15) is 27.4 Å². The molecule has 0 radical (unpaired) electrons. The molecule has 4 heterocycles. The van der Waals surface area contributed by atoms with Crippen molar-refractivity contribution < 1.29 is 60.5 Å². The second kappa shape index (κ2) is 30.6. The van der Waals surface area contributed by atoms with Crippen LogP contribution in [-0.2, 0) is 55.2 Å². The molecular formula is C69H90N6O13S3. The molecule has 0 saturated heterocycles. The summed E-state index contributed by atoms with van der Waals surface area (Å²) in [5.41, 5.74) is 7.13. The number of rotatable bonds is 31. The molecule has 0 aromatic heterocycles. The molecule has 22 heteroatoms. The lowest BCUT2D eigenvalue weighted by Crippen LogP contribution is -2.53. The highest BCUT2D eigenvalue weighted by Gasteiger charge is 2.48. The smallest absolute Gasteiger partial charge is 0.288 e. The fourth-order valence-corrected chi connectivity index (χ4v) is 17.2. The lowest BCUT2D eigenvalue weighted by molar-refractivity contribution is -0.124. The van der Waals surface area contributed by atoms with Crippen molar-refractivity contribution in [1.29, 1.82) is 0 Å². The molecule has 10 rings (SSSR count). The number of hydrogen-bond donors (Lipinski definition) is 4. The zero-order valence-electron chi connectivity index (χ0n) is 53.6. The molecule has 3 atom stereocenters. The molecule has 5 aliphatic rings. The van der Waals surface area contributed by atoms with Crippen molar-refractivity contribution >= 4 is 77.9 Å². The molecule has 0 spiro atoms. The number of anilines is 5. The van der Waals surface area contributed by atoms with Crippen LogP contribution in [0.25, 0.3) is 0 Å². The number of nitrogens with zero attached hydrogens (tertiary/aromatic N) is 3. The quantitative estimate of drug-likeness (QED) is 0.0184. The van der Waals surface area contributed by atoms with Gasteiger partial charge in [0, 0.05) is 84.4 Å². The third kappa shape index (κ3) is 16.0. The first-order chi connectivity index (χ1) is 44.0. The molecule has 91 heavy (non-hydrogen) atoms. The van der Waals surface area contributed by atoms with Crippen molar-refractivity contribution in [2.75, 3.05) is 105 Å². The largest absolute Gasteiger partial charge is 0.493 e. The van der Waals surface area contributed by atoms with Gasteiger partial charge in [-0.3, -0.25) is 18.9 Å². The Morgan fingerprint density at radius 2 is 1.32 bits per heavy atom. The van der Waals surface area contributed by atoms with E-state index in [0.717, 1.165) is 71.5 Å². The summed E-state index contributed by atoms with van der Waals surface area (Å²) in [5.74, 6) is 2.21. The van der Waals surface area contributed by atoms with Gasteiger partial charge < -0.3 is 63.8 Å². The van der Waals surface area contributed by atoms with Crippen LogP contribution in [0.5, 0.6) is 23.0 Å². The fraction of sp³-hybridized carbons (Fsp3) is 0.522. The summed E-state index contributed by atoms with van der Waals surface area (Å²) in [6.45, 7) is 12.8. The second-order valence-electron chi connectivity index (χ2n) is 24.9. The third-order valence-electron chi connectivity index (χ3n) is 18.4. The van der Waals surface area contributed by atoms with Crippen LogP contribution in [-0.4, -0.2) is 138 Å². The monoisotopic (exact) mass is 1310 g/mol. The molecular weight excluding hydrogens is 1220 g/mol. The van der Waals surface area contributed by atoms with E-state index in [2.05, 4.69) is 66.7 Å². The first-order valence-electron chi connectivity index (χ1n) is 32.1. The van der Waals surface area contributed by atoms with Crippen molar-refractivity contribution in [3.63, 3.8) is 0 Å².